The van der Waals surface area contributed by atoms with Gasteiger partial charge in [-0.25, -0.2) is 4.39 Å². The second-order valence-electron chi connectivity index (χ2n) is 5.91. The van der Waals surface area contributed by atoms with Crippen molar-refractivity contribution in [3.05, 3.63) is 35.1 Å². The Labute approximate surface area is 127 Å². The lowest BCUT2D eigenvalue weighted by atomic mass is 9.89. The van der Waals surface area contributed by atoms with Crippen molar-refractivity contribution < 1.29 is 26.6 Å². The van der Waals surface area contributed by atoms with E-state index in [1.165, 1.54) is 0 Å². The Bertz CT molecular complexity index is 625. The lowest BCUT2D eigenvalue weighted by Crippen LogP contribution is -2.32. The number of halogens is 4. The van der Waals surface area contributed by atoms with Crippen LogP contribution in [0.5, 0.6) is 0 Å². The van der Waals surface area contributed by atoms with Gasteiger partial charge in [0.15, 0.2) is 5.78 Å². The van der Waals surface area contributed by atoms with Gasteiger partial charge in [-0.05, 0) is 43.9 Å². The molecule has 2 unspecified atom stereocenters. The Kier molecular flexibility index (Phi) is 3.87. The Hall–Kier alpha value is -1.24. The minimum absolute atomic E-state index is 0.0525. The summed E-state index contributed by atoms with van der Waals surface area (Å²) < 4.78 is 63.5. The van der Waals surface area contributed by atoms with E-state index in [-0.39, 0.29) is 16.1 Å². The van der Waals surface area contributed by atoms with E-state index in [2.05, 4.69) is 0 Å². The third-order valence-electron chi connectivity index (χ3n) is 4.44. The second kappa shape index (κ2) is 5.44. The second-order valence-corrected chi connectivity index (χ2v) is 7.90. The summed E-state index contributed by atoms with van der Waals surface area (Å²) in [4.78, 5) is 12.4. The van der Waals surface area contributed by atoms with Crippen LogP contribution in [0.15, 0.2) is 18.2 Å². The molecule has 2 heterocycles. The van der Waals surface area contributed by atoms with E-state index in [4.69, 9.17) is 0 Å². The van der Waals surface area contributed by atoms with Crippen molar-refractivity contribution in [1.82, 2.24) is 0 Å². The van der Waals surface area contributed by atoms with Gasteiger partial charge in [0.25, 0.3) is 0 Å². The summed E-state index contributed by atoms with van der Waals surface area (Å²) in [5.74, 6) is -2.00. The Morgan fingerprint density at radius 2 is 1.68 bits per heavy atom. The number of ketones is 1. The van der Waals surface area contributed by atoms with Crippen LogP contribution in [0, 0.1) is 11.7 Å². The summed E-state index contributed by atoms with van der Waals surface area (Å²) in [6.07, 6.45) is -2.28. The molecule has 0 saturated carbocycles. The summed E-state index contributed by atoms with van der Waals surface area (Å²) in [6, 6.07) is 1.94. The number of hydrogen-bond acceptors (Lipinski definition) is 2. The highest BCUT2D eigenvalue weighted by Gasteiger charge is 2.43. The molecule has 0 aliphatic carbocycles. The molecule has 1 aromatic rings. The maximum Gasteiger partial charge on any atom is 0.416 e. The predicted octanol–water partition coefficient (Wildman–Crippen LogP) is 3.72. The monoisotopic (exact) mass is 334 g/mol. The maximum absolute atomic E-state index is 13.4. The van der Waals surface area contributed by atoms with Crippen LogP contribution < -0.4 is 0 Å². The van der Waals surface area contributed by atoms with Gasteiger partial charge < -0.3 is 0 Å². The van der Waals surface area contributed by atoms with E-state index < -0.39 is 40.1 Å². The predicted molar refractivity (Wildman–Crippen MR) is 73.4 cm³/mol. The Balaban J connectivity index is 1.87. The van der Waals surface area contributed by atoms with Gasteiger partial charge in [0.1, 0.15) is 5.82 Å². The Morgan fingerprint density at radius 3 is 2.23 bits per heavy atom. The lowest BCUT2D eigenvalue weighted by Gasteiger charge is -2.26. The number of carbonyl (C=O) groups is 1. The molecule has 2 aliphatic heterocycles. The average molecular weight is 334 g/mol. The van der Waals surface area contributed by atoms with E-state index in [1.54, 1.807) is 0 Å². The van der Waals surface area contributed by atoms with Crippen LogP contribution in [0.1, 0.15) is 41.6 Å². The molecule has 0 N–H and O–H groups in total. The SMILES string of the molecule is O=C(c1cc(F)cc(C(F)(F)F)c1)C1CC2CCC(C1)S2=O. The minimum Gasteiger partial charge on any atom is -0.294 e. The summed E-state index contributed by atoms with van der Waals surface area (Å²) in [5, 5.41) is -0.105. The molecule has 0 aromatic heterocycles. The first kappa shape index (κ1) is 15.6. The molecule has 3 rings (SSSR count). The Morgan fingerprint density at radius 1 is 1.09 bits per heavy atom. The van der Waals surface area contributed by atoms with Gasteiger partial charge in [-0.3, -0.25) is 9.00 Å². The summed E-state index contributed by atoms with van der Waals surface area (Å²) >= 11 is 0. The molecular weight excluding hydrogens is 320 g/mol. The van der Waals surface area contributed by atoms with E-state index in [0.29, 0.717) is 25.0 Å². The van der Waals surface area contributed by atoms with Gasteiger partial charge in [0, 0.05) is 32.8 Å². The molecule has 22 heavy (non-hydrogen) atoms. The van der Waals surface area contributed by atoms with Crippen molar-refractivity contribution in [1.29, 1.82) is 0 Å². The molecular formula is C15H14F4O2S. The van der Waals surface area contributed by atoms with Crippen LogP contribution in [0.4, 0.5) is 17.6 Å². The molecule has 2 aliphatic rings. The zero-order valence-corrected chi connectivity index (χ0v) is 12.3. The number of benzene rings is 1. The molecule has 2 nitrogen and oxygen atoms in total. The summed E-state index contributed by atoms with van der Waals surface area (Å²) in [7, 11) is -0.941. The molecule has 0 spiro atoms. The standard InChI is InChI=1S/C15H14F4O2S/c16-11-4-8(3-10(7-11)15(17,18)19)14(20)9-5-12-1-2-13(6-9)22(12)21/h3-4,7,9,12-13H,1-2,5-6H2. The third-order valence-corrected chi connectivity index (χ3v) is 6.61. The number of hydrogen-bond donors (Lipinski definition) is 0. The van der Waals surface area contributed by atoms with Gasteiger partial charge in [0.05, 0.1) is 5.56 Å². The van der Waals surface area contributed by atoms with Gasteiger partial charge in [-0.1, -0.05) is 0 Å². The summed E-state index contributed by atoms with van der Waals surface area (Å²) in [6.45, 7) is 0. The molecule has 2 saturated heterocycles. The van der Waals surface area contributed by atoms with Crippen molar-refractivity contribution in [3.63, 3.8) is 0 Å². The normalized spacial score (nSPS) is 31.3. The molecule has 2 fully saturated rings. The topological polar surface area (TPSA) is 34.1 Å². The molecule has 0 radical (unpaired) electrons. The zero-order chi connectivity index (χ0) is 16.1. The van der Waals surface area contributed by atoms with Gasteiger partial charge in [0.2, 0.25) is 0 Å². The van der Waals surface area contributed by atoms with Crippen molar-refractivity contribution in [3.8, 4) is 0 Å². The minimum atomic E-state index is -4.69. The lowest BCUT2D eigenvalue weighted by molar-refractivity contribution is -0.137. The molecule has 2 bridgehead atoms. The van der Waals surface area contributed by atoms with Gasteiger partial charge in [-0.2, -0.15) is 13.2 Å². The molecule has 120 valence electrons. The molecule has 2 atom stereocenters. The van der Waals surface area contributed by atoms with E-state index in [9.17, 15) is 26.6 Å². The first-order chi connectivity index (χ1) is 10.3. The number of carbonyl (C=O) groups excluding carboxylic acids is 1. The highest BCUT2D eigenvalue weighted by molar-refractivity contribution is 7.86. The zero-order valence-electron chi connectivity index (χ0n) is 11.5. The first-order valence-corrected chi connectivity index (χ1v) is 8.34. The largest absolute Gasteiger partial charge is 0.416 e. The van der Waals surface area contributed by atoms with Crippen LogP contribution in [0.2, 0.25) is 0 Å². The van der Waals surface area contributed by atoms with Crippen molar-refractivity contribution in [2.24, 2.45) is 5.92 Å². The quantitative estimate of drug-likeness (QED) is 0.610. The fourth-order valence-electron chi connectivity index (χ4n) is 3.38. The van der Waals surface area contributed by atoms with Crippen molar-refractivity contribution in [2.45, 2.75) is 42.4 Å². The van der Waals surface area contributed by atoms with E-state index >= 15 is 0 Å². The van der Waals surface area contributed by atoms with Crippen LogP contribution in [0.25, 0.3) is 0 Å². The smallest absolute Gasteiger partial charge is 0.294 e. The van der Waals surface area contributed by atoms with Gasteiger partial charge in [-0.15, -0.1) is 0 Å². The first-order valence-electron chi connectivity index (χ1n) is 7.07. The van der Waals surface area contributed by atoms with Crippen molar-refractivity contribution in [2.75, 3.05) is 0 Å². The maximum atomic E-state index is 13.4. The fourth-order valence-corrected chi connectivity index (χ4v) is 5.50. The van der Waals surface area contributed by atoms with Crippen LogP contribution in [-0.2, 0) is 17.0 Å². The highest BCUT2D eigenvalue weighted by atomic mass is 32.2. The number of alkyl halides is 3. The molecule has 1 aromatic carbocycles. The van der Waals surface area contributed by atoms with Gasteiger partial charge >= 0.3 is 6.18 Å². The fraction of sp³-hybridized carbons (Fsp3) is 0.533. The summed E-state index contributed by atoms with van der Waals surface area (Å²) in [5.41, 5.74) is -1.40. The number of Topliss-reactive ketones (excluding diaryl/α,β-unsaturated/α-hetero) is 1. The van der Waals surface area contributed by atoms with E-state index in [0.717, 1.165) is 18.9 Å². The third kappa shape index (κ3) is 2.83. The average Bonchev–Trinajstić information content (AvgIpc) is 2.66. The van der Waals surface area contributed by atoms with Crippen molar-refractivity contribution >= 4 is 16.6 Å². The highest BCUT2D eigenvalue weighted by Crippen LogP contribution is 2.40. The van der Waals surface area contributed by atoms with E-state index in [1.807, 2.05) is 0 Å². The van der Waals surface area contributed by atoms with Crippen LogP contribution in [-0.4, -0.2) is 20.5 Å². The van der Waals surface area contributed by atoms with Crippen LogP contribution in [0.3, 0.4) is 0 Å². The van der Waals surface area contributed by atoms with Crippen LogP contribution >= 0.6 is 0 Å². The molecule has 0 amide bonds. The number of fused-ring (bicyclic) bond motifs is 2. The number of rotatable bonds is 2. The molecule has 7 heteroatoms.